The lowest BCUT2D eigenvalue weighted by Crippen LogP contribution is -2.40. The van der Waals surface area contributed by atoms with E-state index in [1.165, 1.54) is 15.3 Å². The number of nitrogens with zero attached hydrogens (tertiary/aromatic N) is 2. The number of rotatable bonds is 8. The number of amides is 1. The van der Waals surface area contributed by atoms with Gasteiger partial charge in [0.15, 0.2) is 5.96 Å². The quantitative estimate of drug-likeness (QED) is 0.530. The molecule has 1 aromatic heterocycles. The van der Waals surface area contributed by atoms with Crippen molar-refractivity contribution in [3.05, 3.63) is 57.8 Å². The van der Waals surface area contributed by atoms with E-state index in [0.717, 1.165) is 38.6 Å². The summed E-state index contributed by atoms with van der Waals surface area (Å²) in [6.07, 6.45) is 1.53. The zero-order valence-electron chi connectivity index (χ0n) is 16.8. The summed E-state index contributed by atoms with van der Waals surface area (Å²) in [6.45, 7) is 8.07. The van der Waals surface area contributed by atoms with Crippen LogP contribution in [0.1, 0.15) is 28.7 Å². The Morgan fingerprint density at radius 3 is 2.75 bits per heavy atom. The Hall–Kier alpha value is -2.34. The molecule has 1 aromatic carbocycles. The summed E-state index contributed by atoms with van der Waals surface area (Å²) in [5, 5.41) is 6.72. The fourth-order valence-electron chi connectivity index (χ4n) is 3.43. The highest BCUT2D eigenvalue weighted by Crippen LogP contribution is 2.18. The van der Waals surface area contributed by atoms with Gasteiger partial charge in [0.25, 0.3) is 0 Å². The van der Waals surface area contributed by atoms with E-state index >= 15 is 0 Å². The predicted molar refractivity (Wildman–Crippen MR) is 117 cm³/mol. The molecule has 0 radical (unpaired) electrons. The van der Waals surface area contributed by atoms with Crippen molar-refractivity contribution < 1.29 is 4.79 Å². The maximum Gasteiger partial charge on any atom is 0.223 e. The van der Waals surface area contributed by atoms with Crippen LogP contribution < -0.4 is 10.6 Å². The van der Waals surface area contributed by atoms with E-state index in [4.69, 9.17) is 0 Å². The summed E-state index contributed by atoms with van der Waals surface area (Å²) in [5.74, 6) is 1.42. The molecule has 1 unspecified atom stereocenters. The Balaban J connectivity index is 1.46. The van der Waals surface area contributed by atoms with Gasteiger partial charge in [-0.25, -0.2) is 4.99 Å². The van der Waals surface area contributed by atoms with Gasteiger partial charge in [0, 0.05) is 48.3 Å². The lowest BCUT2D eigenvalue weighted by atomic mass is 10.1. The van der Waals surface area contributed by atoms with Crippen LogP contribution in [0.5, 0.6) is 0 Å². The summed E-state index contributed by atoms with van der Waals surface area (Å²) in [4.78, 5) is 21.6. The monoisotopic (exact) mass is 398 g/mol. The largest absolute Gasteiger partial charge is 0.357 e. The minimum absolute atomic E-state index is 0.263. The third-order valence-corrected chi connectivity index (χ3v) is 5.88. The Bertz CT molecular complexity index is 787. The molecule has 2 aromatic rings. The highest BCUT2D eigenvalue weighted by Gasteiger charge is 2.29. The number of nitrogens with one attached hydrogen (secondary N) is 2. The van der Waals surface area contributed by atoms with Gasteiger partial charge in [0.05, 0.1) is 6.54 Å². The summed E-state index contributed by atoms with van der Waals surface area (Å²) < 4.78 is 0. The van der Waals surface area contributed by atoms with E-state index in [-0.39, 0.29) is 5.91 Å². The maximum atomic E-state index is 12.3. The number of carbonyl (C=O) groups excluding carboxylic acids is 1. The number of guanidine groups is 1. The van der Waals surface area contributed by atoms with E-state index < -0.39 is 0 Å². The van der Waals surface area contributed by atoms with Crippen molar-refractivity contribution in [1.29, 1.82) is 0 Å². The molecule has 3 rings (SSSR count). The van der Waals surface area contributed by atoms with Gasteiger partial charge < -0.3 is 15.5 Å². The highest BCUT2D eigenvalue weighted by atomic mass is 32.1. The molecule has 1 saturated heterocycles. The SMILES string of the molecule is CCNC(=NCc1ccc(C)s1)NCC1CC(=O)N(CCc2ccccc2)C1. The number of hydrogen-bond donors (Lipinski definition) is 2. The fourth-order valence-corrected chi connectivity index (χ4v) is 4.24. The Kier molecular flexibility index (Phi) is 7.48. The molecule has 0 bridgehead atoms. The second-order valence-corrected chi connectivity index (χ2v) is 8.61. The summed E-state index contributed by atoms with van der Waals surface area (Å²) >= 11 is 1.78. The van der Waals surface area contributed by atoms with Crippen LogP contribution in [-0.2, 0) is 17.8 Å². The van der Waals surface area contributed by atoms with E-state index in [1.807, 2.05) is 23.1 Å². The van der Waals surface area contributed by atoms with Gasteiger partial charge >= 0.3 is 0 Å². The first-order valence-corrected chi connectivity index (χ1v) is 10.8. The van der Waals surface area contributed by atoms with Gasteiger partial charge in [-0.15, -0.1) is 11.3 Å². The molecule has 1 atom stereocenters. The molecule has 5 nitrogen and oxygen atoms in total. The van der Waals surface area contributed by atoms with Crippen molar-refractivity contribution in [2.45, 2.75) is 33.2 Å². The van der Waals surface area contributed by atoms with Gasteiger partial charge in [0.2, 0.25) is 5.91 Å². The van der Waals surface area contributed by atoms with Gasteiger partial charge in [-0.05, 0) is 38.0 Å². The number of likely N-dealkylation sites (tertiary alicyclic amines) is 1. The summed E-state index contributed by atoms with van der Waals surface area (Å²) in [5.41, 5.74) is 1.28. The van der Waals surface area contributed by atoms with Crippen LogP contribution >= 0.6 is 11.3 Å². The molecule has 0 aliphatic carbocycles. The topological polar surface area (TPSA) is 56.7 Å². The van der Waals surface area contributed by atoms with E-state index in [0.29, 0.717) is 18.9 Å². The highest BCUT2D eigenvalue weighted by molar-refractivity contribution is 7.11. The van der Waals surface area contributed by atoms with Gasteiger partial charge in [-0.1, -0.05) is 30.3 Å². The minimum Gasteiger partial charge on any atom is -0.357 e. The van der Waals surface area contributed by atoms with Crippen molar-refractivity contribution in [2.24, 2.45) is 10.9 Å². The van der Waals surface area contributed by atoms with Crippen molar-refractivity contribution in [2.75, 3.05) is 26.2 Å². The third-order valence-electron chi connectivity index (χ3n) is 4.90. The zero-order valence-corrected chi connectivity index (χ0v) is 17.6. The molecule has 6 heteroatoms. The second kappa shape index (κ2) is 10.3. The van der Waals surface area contributed by atoms with Crippen LogP contribution in [0.2, 0.25) is 0 Å². The Morgan fingerprint density at radius 1 is 1.21 bits per heavy atom. The third kappa shape index (κ3) is 6.09. The molecule has 150 valence electrons. The first-order valence-electron chi connectivity index (χ1n) is 10.0. The summed E-state index contributed by atoms with van der Waals surface area (Å²) in [6, 6.07) is 14.6. The molecule has 0 spiro atoms. The van der Waals surface area contributed by atoms with Gasteiger partial charge in [-0.2, -0.15) is 0 Å². The van der Waals surface area contributed by atoms with Crippen LogP contribution in [-0.4, -0.2) is 42.9 Å². The summed E-state index contributed by atoms with van der Waals surface area (Å²) in [7, 11) is 0. The van der Waals surface area contributed by atoms with Crippen LogP contribution in [0.15, 0.2) is 47.5 Å². The average molecular weight is 399 g/mol. The molecule has 2 heterocycles. The lowest BCUT2D eigenvalue weighted by molar-refractivity contribution is -0.127. The minimum atomic E-state index is 0.263. The maximum absolute atomic E-state index is 12.3. The van der Waals surface area contributed by atoms with Gasteiger partial charge in [-0.3, -0.25) is 4.79 Å². The number of carbonyl (C=O) groups is 1. The zero-order chi connectivity index (χ0) is 19.8. The van der Waals surface area contributed by atoms with E-state index in [2.05, 4.69) is 53.7 Å². The Morgan fingerprint density at radius 2 is 2.04 bits per heavy atom. The van der Waals surface area contributed by atoms with Crippen LogP contribution in [0.25, 0.3) is 0 Å². The molecule has 1 aliphatic heterocycles. The number of aliphatic imine (C=N–C) groups is 1. The van der Waals surface area contributed by atoms with Crippen molar-refractivity contribution in [1.82, 2.24) is 15.5 Å². The number of hydrogen-bond acceptors (Lipinski definition) is 3. The average Bonchev–Trinajstić information content (AvgIpc) is 3.28. The fraction of sp³-hybridized carbons (Fsp3) is 0.455. The van der Waals surface area contributed by atoms with E-state index in [9.17, 15) is 4.79 Å². The van der Waals surface area contributed by atoms with Crippen molar-refractivity contribution in [3.8, 4) is 0 Å². The number of benzene rings is 1. The molecular weight excluding hydrogens is 368 g/mol. The second-order valence-electron chi connectivity index (χ2n) is 7.23. The lowest BCUT2D eigenvalue weighted by Gasteiger charge is -2.18. The standard InChI is InChI=1S/C22H30N4OS/c1-3-23-22(25-15-20-10-9-17(2)28-20)24-14-19-13-21(27)26(16-19)12-11-18-7-5-4-6-8-18/h4-10,19H,3,11-16H2,1-2H3,(H2,23,24,25). The van der Waals surface area contributed by atoms with Crippen molar-refractivity contribution in [3.63, 3.8) is 0 Å². The molecule has 1 aliphatic rings. The van der Waals surface area contributed by atoms with E-state index in [1.54, 1.807) is 11.3 Å². The molecular formula is C22H30N4OS. The van der Waals surface area contributed by atoms with Gasteiger partial charge in [0.1, 0.15) is 0 Å². The van der Waals surface area contributed by atoms with Crippen molar-refractivity contribution >= 4 is 23.2 Å². The molecule has 28 heavy (non-hydrogen) atoms. The molecule has 1 amide bonds. The number of thiophene rings is 1. The first kappa shape index (κ1) is 20.4. The number of aryl methyl sites for hydroxylation is 1. The molecule has 0 saturated carbocycles. The molecule has 1 fully saturated rings. The predicted octanol–water partition coefficient (Wildman–Crippen LogP) is 3.20. The molecule has 2 N–H and O–H groups in total. The normalized spacial score (nSPS) is 17.2. The van der Waals surface area contributed by atoms with Crippen LogP contribution in [0, 0.1) is 12.8 Å². The van der Waals surface area contributed by atoms with Crippen LogP contribution in [0.3, 0.4) is 0 Å². The Labute approximate surface area is 171 Å². The first-order chi connectivity index (χ1) is 13.6. The smallest absolute Gasteiger partial charge is 0.223 e. The van der Waals surface area contributed by atoms with Crippen LogP contribution in [0.4, 0.5) is 0 Å².